The Morgan fingerprint density at radius 2 is 2.37 bits per heavy atom. The minimum Gasteiger partial charge on any atom is -0.388 e. The van der Waals surface area contributed by atoms with Gasteiger partial charge in [0, 0.05) is 30.8 Å². The summed E-state index contributed by atoms with van der Waals surface area (Å²) in [6.07, 6.45) is 7.31. The molecule has 2 bridgehead atoms. The van der Waals surface area contributed by atoms with Crippen molar-refractivity contribution in [3.8, 4) is 0 Å². The smallest absolute Gasteiger partial charge is 0.0894 e. The number of aliphatic hydroxyl groups is 1. The highest BCUT2D eigenvalue weighted by Gasteiger charge is 2.54. The fourth-order valence-corrected chi connectivity index (χ4v) is 4.55. The number of hydrogen-bond donors (Lipinski definition) is 2. The van der Waals surface area contributed by atoms with Crippen molar-refractivity contribution in [3.63, 3.8) is 0 Å². The monoisotopic (exact) mass is 263 g/mol. The Balaban J connectivity index is 1.95. The van der Waals surface area contributed by atoms with E-state index < -0.39 is 6.10 Å². The van der Waals surface area contributed by atoms with E-state index in [-0.39, 0.29) is 5.41 Å². The maximum Gasteiger partial charge on any atom is 0.0894 e. The molecule has 0 aromatic carbocycles. The van der Waals surface area contributed by atoms with E-state index in [1.807, 2.05) is 17.9 Å². The Bertz CT molecular complexity index is 470. The molecule has 106 valence electrons. The van der Waals surface area contributed by atoms with E-state index in [0.717, 1.165) is 30.0 Å². The average molecular weight is 263 g/mol. The third-order valence-corrected chi connectivity index (χ3v) is 5.51. The van der Waals surface area contributed by atoms with Gasteiger partial charge in [0.2, 0.25) is 0 Å². The lowest BCUT2D eigenvalue weighted by Gasteiger charge is -2.40. The van der Waals surface area contributed by atoms with Crippen LogP contribution < -0.4 is 5.73 Å². The number of nitrogens with two attached hydrogens (primary N) is 1. The minimum absolute atomic E-state index is 0.101. The van der Waals surface area contributed by atoms with Gasteiger partial charge in [-0.1, -0.05) is 13.3 Å². The second kappa shape index (κ2) is 4.60. The van der Waals surface area contributed by atoms with Crippen LogP contribution in [0.2, 0.25) is 0 Å². The fourth-order valence-electron chi connectivity index (χ4n) is 4.55. The van der Waals surface area contributed by atoms with Gasteiger partial charge in [-0.25, -0.2) is 0 Å². The van der Waals surface area contributed by atoms with Gasteiger partial charge in [0.25, 0.3) is 0 Å². The van der Waals surface area contributed by atoms with E-state index in [4.69, 9.17) is 5.73 Å². The fraction of sp³-hybridized carbons (Fsp3) is 0.800. The van der Waals surface area contributed by atoms with Crippen LogP contribution in [-0.2, 0) is 13.5 Å². The van der Waals surface area contributed by atoms with Gasteiger partial charge in [-0.05, 0) is 37.5 Å². The lowest BCUT2D eigenvalue weighted by Crippen LogP contribution is -2.41. The summed E-state index contributed by atoms with van der Waals surface area (Å²) in [5.41, 5.74) is 8.03. The van der Waals surface area contributed by atoms with E-state index in [1.165, 1.54) is 19.3 Å². The topological polar surface area (TPSA) is 64.1 Å². The molecule has 0 saturated heterocycles. The lowest BCUT2D eigenvalue weighted by atomic mass is 9.67. The van der Waals surface area contributed by atoms with Gasteiger partial charge < -0.3 is 10.8 Å². The molecule has 1 aromatic rings. The molecule has 3 rings (SSSR count). The number of aromatic nitrogens is 2. The molecule has 0 spiro atoms. The van der Waals surface area contributed by atoms with Crippen molar-refractivity contribution in [2.24, 2.45) is 30.0 Å². The zero-order chi connectivity index (χ0) is 13.6. The summed E-state index contributed by atoms with van der Waals surface area (Å²) < 4.78 is 1.81. The van der Waals surface area contributed by atoms with Crippen LogP contribution in [0.3, 0.4) is 0 Å². The maximum absolute atomic E-state index is 11.0. The first kappa shape index (κ1) is 13.1. The Morgan fingerprint density at radius 1 is 1.58 bits per heavy atom. The molecule has 4 heteroatoms. The maximum atomic E-state index is 11.0. The van der Waals surface area contributed by atoms with Crippen LogP contribution in [0.25, 0.3) is 0 Å². The van der Waals surface area contributed by atoms with Crippen LogP contribution in [0.1, 0.15) is 50.0 Å². The first-order valence-corrected chi connectivity index (χ1v) is 7.51. The van der Waals surface area contributed by atoms with Crippen LogP contribution >= 0.6 is 0 Å². The van der Waals surface area contributed by atoms with Crippen LogP contribution in [0.4, 0.5) is 0 Å². The molecule has 0 amide bonds. The van der Waals surface area contributed by atoms with Gasteiger partial charge in [0.05, 0.1) is 11.8 Å². The first-order chi connectivity index (χ1) is 9.10. The normalized spacial score (nSPS) is 34.9. The second-order valence-electron chi connectivity index (χ2n) is 6.48. The van der Waals surface area contributed by atoms with Gasteiger partial charge in [-0.15, -0.1) is 0 Å². The van der Waals surface area contributed by atoms with Crippen molar-refractivity contribution in [3.05, 3.63) is 17.5 Å². The molecule has 4 unspecified atom stereocenters. The van der Waals surface area contributed by atoms with Crippen molar-refractivity contribution in [2.45, 2.75) is 45.1 Å². The number of hydrogen-bond acceptors (Lipinski definition) is 3. The number of aliphatic hydroxyl groups excluding tert-OH is 1. The summed E-state index contributed by atoms with van der Waals surface area (Å²) >= 11 is 0. The molecule has 0 radical (unpaired) electrons. The Hall–Kier alpha value is -0.870. The Morgan fingerprint density at radius 3 is 2.89 bits per heavy atom. The van der Waals surface area contributed by atoms with Gasteiger partial charge in [-0.3, -0.25) is 4.68 Å². The molecular formula is C15H25N3O. The summed E-state index contributed by atoms with van der Waals surface area (Å²) in [5, 5.41) is 15.4. The molecule has 1 heterocycles. The van der Waals surface area contributed by atoms with Gasteiger partial charge in [0.1, 0.15) is 0 Å². The van der Waals surface area contributed by atoms with Crippen LogP contribution in [0.5, 0.6) is 0 Å². The molecule has 19 heavy (non-hydrogen) atoms. The molecule has 2 saturated carbocycles. The molecule has 2 fully saturated rings. The summed E-state index contributed by atoms with van der Waals surface area (Å²) in [4.78, 5) is 0. The van der Waals surface area contributed by atoms with Crippen LogP contribution in [0, 0.1) is 17.3 Å². The third-order valence-electron chi connectivity index (χ3n) is 5.51. The first-order valence-electron chi connectivity index (χ1n) is 7.51. The third kappa shape index (κ3) is 1.84. The molecule has 0 aliphatic heterocycles. The summed E-state index contributed by atoms with van der Waals surface area (Å²) in [6.45, 7) is 2.68. The van der Waals surface area contributed by atoms with Gasteiger partial charge in [-0.2, -0.15) is 5.10 Å². The molecule has 2 aliphatic carbocycles. The van der Waals surface area contributed by atoms with Crippen molar-refractivity contribution in [1.82, 2.24) is 9.78 Å². The molecule has 4 atom stereocenters. The quantitative estimate of drug-likeness (QED) is 0.870. The molecule has 4 nitrogen and oxygen atoms in total. The largest absolute Gasteiger partial charge is 0.388 e. The molecular weight excluding hydrogens is 238 g/mol. The zero-order valence-corrected chi connectivity index (χ0v) is 12.0. The van der Waals surface area contributed by atoms with E-state index in [2.05, 4.69) is 12.0 Å². The van der Waals surface area contributed by atoms with Crippen LogP contribution in [0.15, 0.2) is 6.20 Å². The molecule has 2 aliphatic rings. The highest BCUT2D eigenvalue weighted by Crippen LogP contribution is 2.60. The SMILES string of the molecule is CCc1nn(C)cc1C(O)C1(CN)CC2CCC1C2. The highest BCUT2D eigenvalue weighted by molar-refractivity contribution is 5.24. The lowest BCUT2D eigenvalue weighted by molar-refractivity contribution is -0.0135. The summed E-state index contributed by atoms with van der Waals surface area (Å²) in [7, 11) is 1.92. The predicted octanol–water partition coefficient (Wildman–Crippen LogP) is 1.78. The number of fused-ring (bicyclic) bond motifs is 2. The zero-order valence-electron chi connectivity index (χ0n) is 12.0. The number of nitrogens with zero attached hydrogens (tertiary/aromatic N) is 2. The summed E-state index contributed by atoms with van der Waals surface area (Å²) in [6, 6.07) is 0. The average Bonchev–Trinajstić information content (AvgIpc) is 3.10. The van der Waals surface area contributed by atoms with Gasteiger partial charge in [0.15, 0.2) is 0 Å². The molecule has 3 N–H and O–H groups in total. The van der Waals surface area contributed by atoms with Crippen LogP contribution in [-0.4, -0.2) is 21.4 Å². The van der Waals surface area contributed by atoms with E-state index in [0.29, 0.717) is 12.5 Å². The Labute approximate surface area is 115 Å². The van der Waals surface area contributed by atoms with E-state index >= 15 is 0 Å². The van der Waals surface area contributed by atoms with Crippen molar-refractivity contribution in [2.75, 3.05) is 6.54 Å². The van der Waals surface area contributed by atoms with E-state index in [9.17, 15) is 5.11 Å². The van der Waals surface area contributed by atoms with Crippen molar-refractivity contribution >= 4 is 0 Å². The number of aryl methyl sites for hydroxylation is 2. The van der Waals surface area contributed by atoms with Gasteiger partial charge >= 0.3 is 0 Å². The standard InChI is InChI=1S/C15H25N3O/c1-3-13-12(8-18(2)17-13)14(19)15(9-16)7-10-4-5-11(15)6-10/h8,10-11,14,19H,3-7,9,16H2,1-2H3. The highest BCUT2D eigenvalue weighted by atomic mass is 16.3. The van der Waals surface area contributed by atoms with Crippen molar-refractivity contribution < 1.29 is 5.11 Å². The minimum atomic E-state index is -0.448. The number of rotatable bonds is 4. The molecule has 1 aromatic heterocycles. The summed E-state index contributed by atoms with van der Waals surface area (Å²) in [5.74, 6) is 1.38. The second-order valence-corrected chi connectivity index (χ2v) is 6.48. The van der Waals surface area contributed by atoms with E-state index in [1.54, 1.807) is 0 Å². The predicted molar refractivity (Wildman–Crippen MR) is 74.5 cm³/mol. The van der Waals surface area contributed by atoms with Crippen molar-refractivity contribution in [1.29, 1.82) is 0 Å². The Kier molecular flexibility index (Phi) is 3.18.